The Kier molecular flexibility index (Phi) is 5.83. The highest BCUT2D eigenvalue weighted by atomic mass is 32.2. The summed E-state index contributed by atoms with van der Waals surface area (Å²) in [6.45, 7) is 2.95. The second kappa shape index (κ2) is 8.08. The molecule has 6 heteroatoms. The van der Waals surface area contributed by atoms with E-state index in [-0.39, 0.29) is 11.8 Å². The standard InChI is InChI=1S/C19H25N3O2S/c1-2-25(23,24)22-14-15-8-9-16-6-5-11-21-19(18(16)12-15)13-17-7-3-4-10-20-17/h3-4,7-10,12,19,21-22H,2,5-6,11,13-14H2,1H3. The van der Waals surface area contributed by atoms with E-state index in [1.54, 1.807) is 6.92 Å². The zero-order valence-electron chi connectivity index (χ0n) is 14.5. The van der Waals surface area contributed by atoms with Crippen LogP contribution in [0.4, 0.5) is 0 Å². The van der Waals surface area contributed by atoms with Crippen LogP contribution in [0.3, 0.4) is 0 Å². The van der Waals surface area contributed by atoms with Crippen LogP contribution in [0.15, 0.2) is 42.6 Å². The molecule has 0 saturated carbocycles. The molecule has 0 bridgehead atoms. The molecule has 2 N–H and O–H groups in total. The molecule has 134 valence electrons. The van der Waals surface area contributed by atoms with Crippen molar-refractivity contribution < 1.29 is 8.42 Å². The van der Waals surface area contributed by atoms with Gasteiger partial charge in [0.2, 0.25) is 10.0 Å². The van der Waals surface area contributed by atoms with Crippen LogP contribution >= 0.6 is 0 Å². The lowest BCUT2D eigenvalue weighted by molar-refractivity contribution is 0.534. The molecule has 2 aromatic rings. The van der Waals surface area contributed by atoms with Crippen molar-refractivity contribution in [3.63, 3.8) is 0 Å². The smallest absolute Gasteiger partial charge is 0.211 e. The first-order valence-electron chi connectivity index (χ1n) is 8.80. The second-order valence-electron chi connectivity index (χ2n) is 6.39. The van der Waals surface area contributed by atoms with Crippen LogP contribution < -0.4 is 10.0 Å². The average molecular weight is 359 g/mol. The minimum Gasteiger partial charge on any atom is -0.310 e. The van der Waals surface area contributed by atoms with Gasteiger partial charge in [0.1, 0.15) is 0 Å². The third kappa shape index (κ3) is 4.87. The Hall–Kier alpha value is -1.76. The Balaban J connectivity index is 1.83. The number of hydrogen-bond acceptors (Lipinski definition) is 4. The van der Waals surface area contributed by atoms with E-state index in [9.17, 15) is 8.42 Å². The van der Waals surface area contributed by atoms with E-state index >= 15 is 0 Å². The van der Waals surface area contributed by atoms with Gasteiger partial charge < -0.3 is 5.32 Å². The van der Waals surface area contributed by atoms with Gasteiger partial charge >= 0.3 is 0 Å². The van der Waals surface area contributed by atoms with Gasteiger partial charge in [-0.3, -0.25) is 4.98 Å². The summed E-state index contributed by atoms with van der Waals surface area (Å²) in [6.07, 6.45) is 4.80. The summed E-state index contributed by atoms with van der Waals surface area (Å²) in [7, 11) is -3.18. The third-order valence-electron chi connectivity index (χ3n) is 4.61. The van der Waals surface area contributed by atoms with E-state index in [0.717, 1.165) is 37.1 Å². The maximum absolute atomic E-state index is 11.7. The molecule has 1 aromatic heterocycles. The minimum atomic E-state index is -3.18. The molecule has 1 unspecified atom stereocenters. The third-order valence-corrected chi connectivity index (χ3v) is 5.96. The number of aryl methyl sites for hydroxylation is 1. The topological polar surface area (TPSA) is 71.1 Å². The Morgan fingerprint density at radius 2 is 2.16 bits per heavy atom. The zero-order chi connectivity index (χ0) is 17.7. The SMILES string of the molecule is CCS(=O)(=O)NCc1ccc2c(c1)C(Cc1ccccn1)NCCC2. The van der Waals surface area contributed by atoms with Gasteiger partial charge in [-0.25, -0.2) is 13.1 Å². The van der Waals surface area contributed by atoms with Gasteiger partial charge in [0, 0.05) is 30.9 Å². The Labute approximate surface area is 149 Å². The van der Waals surface area contributed by atoms with Gasteiger partial charge in [0.15, 0.2) is 0 Å². The van der Waals surface area contributed by atoms with Crippen molar-refractivity contribution in [1.29, 1.82) is 0 Å². The summed E-state index contributed by atoms with van der Waals surface area (Å²) in [5.41, 5.74) is 4.65. The number of nitrogens with zero attached hydrogens (tertiary/aromatic N) is 1. The fourth-order valence-corrected chi connectivity index (χ4v) is 3.77. The van der Waals surface area contributed by atoms with E-state index in [2.05, 4.69) is 27.2 Å². The fourth-order valence-electron chi connectivity index (χ4n) is 3.18. The fraction of sp³-hybridized carbons (Fsp3) is 0.421. The van der Waals surface area contributed by atoms with Crippen molar-refractivity contribution in [3.05, 3.63) is 65.0 Å². The maximum atomic E-state index is 11.7. The first kappa shape index (κ1) is 18.0. The maximum Gasteiger partial charge on any atom is 0.211 e. The number of nitrogens with one attached hydrogen (secondary N) is 2. The molecule has 0 saturated heterocycles. The van der Waals surface area contributed by atoms with Crippen molar-refractivity contribution in [2.45, 2.75) is 38.8 Å². The lowest BCUT2D eigenvalue weighted by Gasteiger charge is -2.20. The van der Waals surface area contributed by atoms with Gasteiger partial charge in [-0.1, -0.05) is 24.3 Å². The molecule has 0 spiro atoms. The summed E-state index contributed by atoms with van der Waals surface area (Å²) in [4.78, 5) is 4.45. The van der Waals surface area contributed by atoms with Crippen LogP contribution in [0.2, 0.25) is 0 Å². The molecule has 2 heterocycles. The molecule has 1 aliphatic rings. The quantitative estimate of drug-likeness (QED) is 0.830. The molecule has 1 atom stereocenters. The largest absolute Gasteiger partial charge is 0.310 e. The zero-order valence-corrected chi connectivity index (χ0v) is 15.3. The Morgan fingerprint density at radius 3 is 2.92 bits per heavy atom. The summed E-state index contributed by atoms with van der Waals surface area (Å²) in [5, 5.41) is 3.62. The number of hydrogen-bond donors (Lipinski definition) is 2. The number of fused-ring (bicyclic) bond motifs is 1. The molecule has 1 aromatic carbocycles. The number of rotatable bonds is 6. The molecule has 5 nitrogen and oxygen atoms in total. The van der Waals surface area contributed by atoms with Crippen LogP contribution in [0.25, 0.3) is 0 Å². The molecular formula is C19H25N3O2S. The highest BCUT2D eigenvalue weighted by molar-refractivity contribution is 7.89. The van der Waals surface area contributed by atoms with E-state index < -0.39 is 10.0 Å². The van der Waals surface area contributed by atoms with Gasteiger partial charge in [-0.2, -0.15) is 0 Å². The highest BCUT2D eigenvalue weighted by Crippen LogP contribution is 2.26. The van der Waals surface area contributed by atoms with Crippen LogP contribution in [0.1, 0.15) is 41.8 Å². The van der Waals surface area contributed by atoms with Crippen molar-refractivity contribution >= 4 is 10.0 Å². The summed E-state index contributed by atoms with van der Waals surface area (Å²) in [6, 6.07) is 12.5. The minimum absolute atomic E-state index is 0.0990. The molecule has 1 aliphatic heterocycles. The lowest BCUT2D eigenvalue weighted by atomic mass is 9.94. The van der Waals surface area contributed by atoms with Crippen LogP contribution in [-0.4, -0.2) is 25.7 Å². The molecular weight excluding hydrogens is 334 g/mol. The van der Waals surface area contributed by atoms with E-state index in [0.29, 0.717) is 6.54 Å². The average Bonchev–Trinajstić information content (AvgIpc) is 2.83. The summed E-state index contributed by atoms with van der Waals surface area (Å²) < 4.78 is 26.0. The van der Waals surface area contributed by atoms with Crippen molar-refractivity contribution in [3.8, 4) is 0 Å². The summed E-state index contributed by atoms with van der Waals surface area (Å²) in [5.74, 6) is 0.0990. The molecule has 3 rings (SSSR count). The van der Waals surface area contributed by atoms with Crippen LogP contribution in [0, 0.1) is 0 Å². The van der Waals surface area contributed by atoms with Crippen molar-refractivity contribution in [2.24, 2.45) is 0 Å². The number of pyridine rings is 1. The van der Waals surface area contributed by atoms with Gasteiger partial charge in [-0.15, -0.1) is 0 Å². The van der Waals surface area contributed by atoms with E-state index in [1.165, 1.54) is 11.1 Å². The van der Waals surface area contributed by atoms with Crippen LogP contribution in [-0.2, 0) is 29.4 Å². The molecule has 0 radical (unpaired) electrons. The van der Waals surface area contributed by atoms with Crippen molar-refractivity contribution in [1.82, 2.24) is 15.0 Å². The second-order valence-corrected chi connectivity index (χ2v) is 8.49. The van der Waals surface area contributed by atoms with Crippen molar-refractivity contribution in [2.75, 3.05) is 12.3 Å². The lowest BCUT2D eigenvalue weighted by Crippen LogP contribution is -2.25. The van der Waals surface area contributed by atoms with E-state index in [4.69, 9.17) is 0 Å². The predicted molar refractivity (Wildman–Crippen MR) is 99.7 cm³/mol. The monoisotopic (exact) mass is 359 g/mol. The van der Waals surface area contributed by atoms with Gasteiger partial charge in [0.25, 0.3) is 0 Å². The molecule has 25 heavy (non-hydrogen) atoms. The van der Waals surface area contributed by atoms with Crippen LogP contribution in [0.5, 0.6) is 0 Å². The predicted octanol–water partition coefficient (Wildman–Crippen LogP) is 2.34. The Morgan fingerprint density at radius 1 is 1.28 bits per heavy atom. The van der Waals surface area contributed by atoms with E-state index in [1.807, 2.05) is 30.5 Å². The Bertz CT molecular complexity index is 807. The summed E-state index contributed by atoms with van der Waals surface area (Å²) >= 11 is 0. The number of aromatic nitrogens is 1. The first-order chi connectivity index (χ1) is 12.1. The molecule has 0 amide bonds. The number of sulfonamides is 1. The first-order valence-corrected chi connectivity index (χ1v) is 10.4. The normalized spacial score (nSPS) is 17.7. The van der Waals surface area contributed by atoms with Gasteiger partial charge in [-0.05, 0) is 55.1 Å². The molecule has 0 aliphatic carbocycles. The van der Waals surface area contributed by atoms with Gasteiger partial charge in [0.05, 0.1) is 5.75 Å². The number of benzene rings is 1. The highest BCUT2D eigenvalue weighted by Gasteiger charge is 2.19. The molecule has 0 fully saturated rings.